The Bertz CT molecular complexity index is 170. The molecule has 1 aliphatic rings. The first-order chi connectivity index (χ1) is 4.20. The second-order valence-electron chi connectivity index (χ2n) is 1.58. The third kappa shape index (κ3) is 1.14. The molecule has 1 unspecified atom stereocenters. The Morgan fingerprint density at radius 3 is 2.44 bits per heavy atom. The largest absolute Gasteiger partial charge is 0.504 e. The zero-order valence-electron chi connectivity index (χ0n) is 4.48. The van der Waals surface area contributed by atoms with Crippen LogP contribution in [0.2, 0.25) is 0 Å². The van der Waals surface area contributed by atoms with Gasteiger partial charge in [0, 0.05) is 6.08 Å². The summed E-state index contributed by atoms with van der Waals surface area (Å²) in [6.07, 6.45) is 0.705. The van der Waals surface area contributed by atoms with Crippen molar-refractivity contribution in [3.05, 3.63) is 23.9 Å². The Labute approximate surface area is 51.3 Å². The lowest BCUT2D eigenvalue weighted by Gasteiger charge is -2.11. The van der Waals surface area contributed by atoms with E-state index in [-0.39, 0.29) is 11.5 Å². The molecule has 50 valence electrons. The maximum Gasteiger partial charge on any atom is 0.220 e. The van der Waals surface area contributed by atoms with Crippen molar-refractivity contribution < 1.29 is 20.1 Å². The molecule has 0 spiro atoms. The minimum atomic E-state index is -1.15. The molecule has 1 rings (SSSR count). The third-order valence-corrected chi connectivity index (χ3v) is 0.882. The van der Waals surface area contributed by atoms with Gasteiger partial charge in [-0.3, -0.25) is 0 Å². The summed E-state index contributed by atoms with van der Waals surface area (Å²) < 4.78 is 4.37. The first kappa shape index (κ1) is 5.97. The number of ether oxygens (including phenoxy) is 1. The summed E-state index contributed by atoms with van der Waals surface area (Å²) in [5.74, 6) is -0.742. The molecule has 4 heteroatoms. The highest BCUT2D eigenvalue weighted by molar-refractivity contribution is 5.18. The van der Waals surface area contributed by atoms with E-state index in [0.717, 1.165) is 12.3 Å². The van der Waals surface area contributed by atoms with Gasteiger partial charge in [-0.1, -0.05) is 0 Å². The van der Waals surface area contributed by atoms with E-state index in [1.54, 1.807) is 0 Å². The van der Waals surface area contributed by atoms with Crippen molar-refractivity contribution in [2.75, 3.05) is 0 Å². The molecule has 0 amide bonds. The van der Waals surface area contributed by atoms with E-state index >= 15 is 0 Å². The van der Waals surface area contributed by atoms with Crippen LogP contribution in [0.15, 0.2) is 23.9 Å². The molecule has 4 nitrogen and oxygen atoms in total. The molecular formula is C5H6O4. The Balaban J connectivity index is 2.75. The summed E-state index contributed by atoms with van der Waals surface area (Å²) in [5, 5.41) is 25.8. The summed E-state index contributed by atoms with van der Waals surface area (Å²) >= 11 is 0. The summed E-state index contributed by atoms with van der Waals surface area (Å²) in [7, 11) is 0. The van der Waals surface area contributed by atoms with Gasteiger partial charge in [-0.05, 0) is 0 Å². The van der Waals surface area contributed by atoms with Crippen molar-refractivity contribution in [3.63, 3.8) is 0 Å². The van der Waals surface area contributed by atoms with Crippen LogP contribution in [0, 0.1) is 0 Å². The number of hydrogen-bond donors (Lipinski definition) is 3. The fourth-order valence-electron chi connectivity index (χ4n) is 0.454. The van der Waals surface area contributed by atoms with Gasteiger partial charge in [0.05, 0.1) is 0 Å². The van der Waals surface area contributed by atoms with Gasteiger partial charge >= 0.3 is 0 Å². The van der Waals surface area contributed by atoms with Gasteiger partial charge < -0.3 is 20.1 Å². The van der Waals surface area contributed by atoms with E-state index < -0.39 is 6.29 Å². The van der Waals surface area contributed by atoms with E-state index in [1.807, 2.05) is 0 Å². The Morgan fingerprint density at radius 2 is 2.00 bits per heavy atom. The molecular weight excluding hydrogens is 124 g/mol. The highest BCUT2D eigenvalue weighted by Gasteiger charge is 2.11. The molecule has 1 aliphatic heterocycles. The van der Waals surface area contributed by atoms with Gasteiger partial charge in [-0.15, -0.1) is 0 Å². The maximum absolute atomic E-state index is 8.65. The Kier molecular flexibility index (Phi) is 1.32. The van der Waals surface area contributed by atoms with E-state index in [0.29, 0.717) is 0 Å². The zero-order chi connectivity index (χ0) is 6.85. The van der Waals surface area contributed by atoms with E-state index in [1.165, 1.54) is 0 Å². The summed E-state index contributed by atoms with van der Waals surface area (Å²) in [5.41, 5.74) is 0. The SMILES string of the molecule is OC1=COC(O)C=C1O. The first-order valence-electron chi connectivity index (χ1n) is 2.34. The molecule has 1 heterocycles. The predicted octanol–water partition coefficient (Wildman–Crippen LogP) is 0.176. The molecule has 0 aromatic carbocycles. The van der Waals surface area contributed by atoms with Crippen molar-refractivity contribution in [1.29, 1.82) is 0 Å². The molecule has 0 fully saturated rings. The standard InChI is InChI=1S/C5H6O4/c6-3-1-5(8)9-2-4(3)7/h1-2,5-8H. The fraction of sp³-hybridized carbons (Fsp3) is 0.200. The molecule has 0 aromatic heterocycles. The number of hydrogen-bond acceptors (Lipinski definition) is 4. The van der Waals surface area contributed by atoms with Gasteiger partial charge in [0.15, 0.2) is 11.5 Å². The van der Waals surface area contributed by atoms with Crippen molar-refractivity contribution in [2.45, 2.75) is 6.29 Å². The van der Waals surface area contributed by atoms with Crippen LogP contribution in [0.25, 0.3) is 0 Å². The molecule has 0 saturated carbocycles. The van der Waals surface area contributed by atoms with Crippen molar-refractivity contribution >= 4 is 0 Å². The third-order valence-electron chi connectivity index (χ3n) is 0.882. The van der Waals surface area contributed by atoms with Crippen LogP contribution < -0.4 is 0 Å². The van der Waals surface area contributed by atoms with Crippen LogP contribution in [-0.2, 0) is 4.74 Å². The lowest BCUT2D eigenvalue weighted by molar-refractivity contribution is -0.0229. The molecule has 0 radical (unpaired) electrons. The fourth-order valence-corrected chi connectivity index (χ4v) is 0.454. The molecule has 0 aliphatic carbocycles. The van der Waals surface area contributed by atoms with Gasteiger partial charge in [-0.2, -0.15) is 0 Å². The molecule has 1 atom stereocenters. The van der Waals surface area contributed by atoms with Crippen LogP contribution in [0.5, 0.6) is 0 Å². The number of aliphatic hydroxyl groups excluding tert-OH is 3. The van der Waals surface area contributed by atoms with Crippen LogP contribution in [0.4, 0.5) is 0 Å². The van der Waals surface area contributed by atoms with Gasteiger partial charge in [0.25, 0.3) is 0 Å². The van der Waals surface area contributed by atoms with Crippen LogP contribution in [0.1, 0.15) is 0 Å². The smallest absolute Gasteiger partial charge is 0.220 e. The highest BCUT2D eigenvalue weighted by Crippen LogP contribution is 2.10. The first-order valence-corrected chi connectivity index (χ1v) is 2.34. The van der Waals surface area contributed by atoms with Crippen molar-refractivity contribution in [1.82, 2.24) is 0 Å². The lowest BCUT2D eigenvalue weighted by Crippen LogP contribution is -2.11. The summed E-state index contributed by atoms with van der Waals surface area (Å²) in [6.45, 7) is 0. The van der Waals surface area contributed by atoms with E-state index in [2.05, 4.69) is 4.74 Å². The number of rotatable bonds is 0. The molecule has 0 bridgehead atoms. The summed E-state index contributed by atoms with van der Waals surface area (Å²) in [6, 6.07) is 0. The monoisotopic (exact) mass is 130 g/mol. The van der Waals surface area contributed by atoms with Crippen molar-refractivity contribution in [2.24, 2.45) is 0 Å². The number of aliphatic hydroxyl groups is 3. The second kappa shape index (κ2) is 1.99. The van der Waals surface area contributed by atoms with Crippen LogP contribution in [-0.4, -0.2) is 21.6 Å². The second-order valence-corrected chi connectivity index (χ2v) is 1.58. The van der Waals surface area contributed by atoms with E-state index in [4.69, 9.17) is 15.3 Å². The van der Waals surface area contributed by atoms with Gasteiger partial charge in [0.1, 0.15) is 6.26 Å². The topological polar surface area (TPSA) is 69.9 Å². The molecule has 9 heavy (non-hydrogen) atoms. The summed E-state index contributed by atoms with van der Waals surface area (Å²) in [4.78, 5) is 0. The average Bonchev–Trinajstić information content (AvgIpc) is 1.80. The zero-order valence-corrected chi connectivity index (χ0v) is 4.48. The van der Waals surface area contributed by atoms with Gasteiger partial charge in [0.2, 0.25) is 6.29 Å². The molecule has 0 aromatic rings. The van der Waals surface area contributed by atoms with Crippen LogP contribution >= 0.6 is 0 Å². The van der Waals surface area contributed by atoms with Crippen LogP contribution in [0.3, 0.4) is 0 Å². The quantitative estimate of drug-likeness (QED) is 0.437. The normalized spacial score (nSPS) is 26.1. The predicted molar refractivity (Wildman–Crippen MR) is 28.5 cm³/mol. The van der Waals surface area contributed by atoms with Gasteiger partial charge in [-0.25, -0.2) is 0 Å². The Morgan fingerprint density at radius 1 is 1.33 bits per heavy atom. The average molecular weight is 130 g/mol. The minimum absolute atomic E-state index is 0.367. The highest BCUT2D eigenvalue weighted by atomic mass is 16.6. The molecule has 3 N–H and O–H groups in total. The van der Waals surface area contributed by atoms with E-state index in [9.17, 15) is 0 Å². The van der Waals surface area contributed by atoms with Crippen molar-refractivity contribution in [3.8, 4) is 0 Å². The minimum Gasteiger partial charge on any atom is -0.504 e. The Hall–Kier alpha value is -1.16. The lowest BCUT2D eigenvalue weighted by atomic mass is 10.3. The maximum atomic E-state index is 8.65. The molecule has 0 saturated heterocycles.